The third kappa shape index (κ3) is 3.97. The number of nitrogens with zero attached hydrogens (tertiary/aromatic N) is 3. The summed E-state index contributed by atoms with van der Waals surface area (Å²) in [7, 11) is 0. The Hall–Kier alpha value is -3.07. The Bertz CT molecular complexity index is 1130. The monoisotopic (exact) mass is 431 g/mol. The molecule has 1 fully saturated rings. The van der Waals surface area contributed by atoms with Gasteiger partial charge in [-0.05, 0) is 60.1 Å². The highest BCUT2D eigenvalue weighted by Gasteiger charge is 2.37. The first kappa shape index (κ1) is 20.2. The van der Waals surface area contributed by atoms with E-state index in [-0.39, 0.29) is 35.4 Å². The van der Waals surface area contributed by atoms with Crippen molar-refractivity contribution < 1.29 is 22.8 Å². The van der Waals surface area contributed by atoms with Gasteiger partial charge in [-0.25, -0.2) is 9.69 Å². The molecule has 0 atom stereocenters. The van der Waals surface area contributed by atoms with Gasteiger partial charge in [0, 0.05) is 23.0 Å². The molecule has 3 amide bonds. The van der Waals surface area contributed by atoms with Crippen molar-refractivity contribution >= 4 is 40.3 Å². The summed E-state index contributed by atoms with van der Waals surface area (Å²) in [6.45, 7) is 2.07. The number of aryl methyl sites for hydroxylation is 1. The second kappa shape index (κ2) is 7.64. The Labute approximate surface area is 174 Å². The Morgan fingerprint density at radius 3 is 2.50 bits per heavy atom. The van der Waals surface area contributed by atoms with Crippen molar-refractivity contribution in [1.29, 1.82) is 0 Å². The number of pyridine rings is 1. The number of rotatable bonds is 4. The topological polar surface area (TPSA) is 53.5 Å². The molecule has 4 rings (SSSR count). The number of alkyl halides is 3. The molecule has 154 valence electrons. The molecule has 9 heteroatoms. The predicted molar refractivity (Wildman–Crippen MR) is 108 cm³/mol. The van der Waals surface area contributed by atoms with Crippen molar-refractivity contribution in [2.45, 2.75) is 23.9 Å². The molecule has 0 aliphatic carbocycles. The van der Waals surface area contributed by atoms with Gasteiger partial charge in [0.05, 0.1) is 11.2 Å². The molecule has 5 nitrogen and oxygen atoms in total. The molecule has 1 aliphatic heterocycles. The summed E-state index contributed by atoms with van der Waals surface area (Å²) in [4.78, 5) is 32.1. The SMILES string of the molecule is Cc1cccc2c(CN3CC(=O)N(c4ccc(SC(F)(F)F)cc4)C3=O)ccnc12. The van der Waals surface area contributed by atoms with Gasteiger partial charge in [-0.15, -0.1) is 0 Å². The number of urea groups is 1. The van der Waals surface area contributed by atoms with Crippen LogP contribution in [0.3, 0.4) is 0 Å². The number of imide groups is 1. The number of thioether (sulfide) groups is 1. The molecule has 2 aromatic carbocycles. The fourth-order valence-corrected chi connectivity index (χ4v) is 3.99. The van der Waals surface area contributed by atoms with E-state index in [1.54, 1.807) is 6.20 Å². The number of aromatic nitrogens is 1. The van der Waals surface area contributed by atoms with Gasteiger partial charge in [-0.2, -0.15) is 13.2 Å². The van der Waals surface area contributed by atoms with Crippen molar-refractivity contribution in [3.05, 3.63) is 65.9 Å². The van der Waals surface area contributed by atoms with E-state index in [1.165, 1.54) is 29.2 Å². The summed E-state index contributed by atoms with van der Waals surface area (Å²) in [6, 6.07) is 12.3. The molecule has 1 aromatic heterocycles. The van der Waals surface area contributed by atoms with Gasteiger partial charge in [0.15, 0.2) is 0 Å². The van der Waals surface area contributed by atoms with E-state index in [4.69, 9.17) is 0 Å². The number of anilines is 1. The summed E-state index contributed by atoms with van der Waals surface area (Å²) in [5, 5.41) is 0.907. The van der Waals surface area contributed by atoms with Gasteiger partial charge in [0.1, 0.15) is 6.54 Å². The number of hydrogen-bond donors (Lipinski definition) is 0. The van der Waals surface area contributed by atoms with Crippen molar-refractivity contribution in [2.75, 3.05) is 11.4 Å². The first-order valence-corrected chi connectivity index (χ1v) is 9.85. The molecule has 0 spiro atoms. The number of amides is 3. The van der Waals surface area contributed by atoms with Crippen LogP contribution in [-0.2, 0) is 11.3 Å². The zero-order valence-electron chi connectivity index (χ0n) is 15.8. The maximum Gasteiger partial charge on any atom is 0.446 e. The minimum absolute atomic E-state index is 0.0131. The lowest BCUT2D eigenvalue weighted by Crippen LogP contribution is -2.32. The number of carbonyl (C=O) groups excluding carboxylic acids is 2. The summed E-state index contributed by atoms with van der Waals surface area (Å²) in [5.74, 6) is -0.425. The number of fused-ring (bicyclic) bond motifs is 1. The van der Waals surface area contributed by atoms with E-state index < -0.39 is 17.4 Å². The molecular weight excluding hydrogens is 415 g/mol. The second-order valence-electron chi connectivity index (χ2n) is 6.85. The van der Waals surface area contributed by atoms with Crippen LogP contribution in [0.2, 0.25) is 0 Å². The quantitative estimate of drug-likeness (QED) is 0.425. The molecule has 2 heterocycles. The third-order valence-electron chi connectivity index (χ3n) is 4.79. The Morgan fingerprint density at radius 2 is 1.80 bits per heavy atom. The average Bonchev–Trinajstić information content (AvgIpc) is 2.95. The summed E-state index contributed by atoms with van der Waals surface area (Å²) < 4.78 is 37.5. The molecule has 0 bridgehead atoms. The van der Waals surface area contributed by atoms with Crippen LogP contribution in [0.1, 0.15) is 11.1 Å². The smallest absolute Gasteiger partial charge is 0.310 e. The number of para-hydroxylation sites is 1. The van der Waals surface area contributed by atoms with Crippen LogP contribution in [0.4, 0.5) is 23.7 Å². The largest absolute Gasteiger partial charge is 0.446 e. The summed E-state index contributed by atoms with van der Waals surface area (Å²) >= 11 is -0.247. The first-order valence-electron chi connectivity index (χ1n) is 9.04. The van der Waals surface area contributed by atoms with Gasteiger partial charge in [0.2, 0.25) is 0 Å². The average molecular weight is 431 g/mol. The molecule has 0 saturated carbocycles. The van der Waals surface area contributed by atoms with Gasteiger partial charge in [-0.1, -0.05) is 18.2 Å². The molecule has 0 radical (unpaired) electrons. The van der Waals surface area contributed by atoms with Gasteiger partial charge in [0.25, 0.3) is 5.91 Å². The second-order valence-corrected chi connectivity index (χ2v) is 7.99. The number of benzene rings is 2. The zero-order valence-corrected chi connectivity index (χ0v) is 16.6. The van der Waals surface area contributed by atoms with Crippen LogP contribution in [0, 0.1) is 6.92 Å². The Balaban J connectivity index is 1.56. The van der Waals surface area contributed by atoms with Crippen molar-refractivity contribution in [1.82, 2.24) is 9.88 Å². The highest BCUT2D eigenvalue weighted by molar-refractivity contribution is 8.00. The number of hydrogen-bond acceptors (Lipinski definition) is 4. The Kier molecular flexibility index (Phi) is 5.15. The molecule has 1 aliphatic rings. The first-order chi connectivity index (χ1) is 14.2. The maximum atomic E-state index is 12.9. The van der Waals surface area contributed by atoms with E-state index in [0.29, 0.717) is 0 Å². The van der Waals surface area contributed by atoms with Crippen LogP contribution in [0.25, 0.3) is 10.9 Å². The third-order valence-corrected chi connectivity index (χ3v) is 5.53. The molecule has 1 saturated heterocycles. The number of carbonyl (C=O) groups is 2. The highest BCUT2D eigenvalue weighted by Crippen LogP contribution is 2.37. The molecule has 0 N–H and O–H groups in total. The van der Waals surface area contributed by atoms with E-state index in [2.05, 4.69) is 4.98 Å². The minimum atomic E-state index is -4.40. The van der Waals surface area contributed by atoms with Gasteiger partial charge >= 0.3 is 11.5 Å². The lowest BCUT2D eigenvalue weighted by molar-refractivity contribution is -0.116. The molecule has 0 unspecified atom stereocenters. The van der Waals surface area contributed by atoms with E-state index in [9.17, 15) is 22.8 Å². The lowest BCUT2D eigenvalue weighted by atomic mass is 10.1. The van der Waals surface area contributed by atoms with Crippen LogP contribution in [0.15, 0.2) is 59.6 Å². The fourth-order valence-electron chi connectivity index (χ4n) is 3.45. The van der Waals surface area contributed by atoms with Crippen LogP contribution >= 0.6 is 11.8 Å². The summed E-state index contributed by atoms with van der Waals surface area (Å²) in [6.07, 6.45) is 1.67. The highest BCUT2D eigenvalue weighted by atomic mass is 32.2. The predicted octanol–water partition coefficient (Wildman–Crippen LogP) is 5.12. The van der Waals surface area contributed by atoms with Crippen LogP contribution in [0.5, 0.6) is 0 Å². The number of halogens is 3. The standard InChI is InChI=1S/C21H16F3N3O2S/c1-13-3-2-4-17-14(9-10-25-19(13)17)11-26-12-18(28)27(20(26)29)15-5-7-16(8-6-15)30-21(22,23)24/h2-10H,11-12H2,1H3. The Morgan fingerprint density at radius 1 is 1.07 bits per heavy atom. The van der Waals surface area contributed by atoms with E-state index in [0.717, 1.165) is 26.9 Å². The summed E-state index contributed by atoms with van der Waals surface area (Å²) in [5.41, 5.74) is -1.44. The van der Waals surface area contributed by atoms with E-state index >= 15 is 0 Å². The van der Waals surface area contributed by atoms with Crippen molar-refractivity contribution in [2.24, 2.45) is 0 Å². The molecular formula is C21H16F3N3O2S. The molecule has 3 aromatic rings. The van der Waals surface area contributed by atoms with Crippen LogP contribution < -0.4 is 4.90 Å². The lowest BCUT2D eigenvalue weighted by Gasteiger charge is -2.18. The van der Waals surface area contributed by atoms with Crippen LogP contribution in [-0.4, -0.2) is 33.9 Å². The van der Waals surface area contributed by atoms with E-state index in [1.807, 2.05) is 31.2 Å². The van der Waals surface area contributed by atoms with Gasteiger partial charge in [-0.3, -0.25) is 9.78 Å². The van der Waals surface area contributed by atoms with Crippen molar-refractivity contribution in [3.63, 3.8) is 0 Å². The van der Waals surface area contributed by atoms with Crippen molar-refractivity contribution in [3.8, 4) is 0 Å². The fraction of sp³-hybridized carbons (Fsp3) is 0.190. The van der Waals surface area contributed by atoms with Gasteiger partial charge < -0.3 is 4.90 Å². The maximum absolute atomic E-state index is 12.9. The zero-order chi connectivity index (χ0) is 21.5. The molecule has 30 heavy (non-hydrogen) atoms. The normalized spacial score (nSPS) is 14.8. The minimum Gasteiger partial charge on any atom is -0.310 e.